The first-order valence-corrected chi connectivity index (χ1v) is 13.7. The fourth-order valence-electron chi connectivity index (χ4n) is 5.52. The topological polar surface area (TPSA) is 94.7 Å². The molecule has 6 fully saturated rings. The number of fused-ring (bicyclic) bond motifs is 3. The van der Waals surface area contributed by atoms with E-state index in [1.54, 1.807) is 0 Å². The zero-order valence-electron chi connectivity index (χ0n) is 20.1. The summed E-state index contributed by atoms with van der Waals surface area (Å²) in [4.78, 5) is 33.9. The minimum Gasteiger partial charge on any atom is -0.465 e. The van der Waals surface area contributed by atoms with Gasteiger partial charge in [0.05, 0.1) is 48.8 Å². The highest BCUT2D eigenvalue weighted by Gasteiger charge is 2.47. The minimum atomic E-state index is -0.292. The van der Waals surface area contributed by atoms with E-state index < -0.39 is 0 Å². The summed E-state index contributed by atoms with van der Waals surface area (Å²) in [6, 6.07) is 0. The number of hydrogen-bond acceptors (Lipinski definition) is 9. The number of hydrogen-bond donors (Lipinski definition) is 0. The van der Waals surface area contributed by atoms with Gasteiger partial charge in [0.2, 0.25) is 0 Å². The van der Waals surface area contributed by atoms with Gasteiger partial charge in [-0.15, -0.1) is 0 Å². The van der Waals surface area contributed by atoms with Crippen LogP contribution in [0.5, 0.6) is 0 Å². The third-order valence-electron chi connectivity index (χ3n) is 7.48. The van der Waals surface area contributed by atoms with Crippen LogP contribution in [0.15, 0.2) is 0 Å². The van der Waals surface area contributed by atoms with Crippen LogP contribution in [0.2, 0.25) is 0 Å². The van der Waals surface area contributed by atoms with Crippen molar-refractivity contribution in [3.8, 4) is 0 Å². The Bertz CT molecular complexity index is 708. The summed E-state index contributed by atoms with van der Waals surface area (Å²) in [5.41, 5.74) is 0. The normalized spacial score (nSPS) is 38.3. The Hall–Kier alpha value is -1.16. The third-order valence-corrected chi connectivity index (χ3v) is 7.48. The van der Waals surface area contributed by atoms with E-state index in [1.807, 2.05) is 13.8 Å². The highest BCUT2D eigenvalue weighted by Crippen LogP contribution is 2.41. The maximum absolute atomic E-state index is 12.0. The van der Waals surface area contributed by atoms with Crippen molar-refractivity contribution >= 4 is 47.5 Å². The molecule has 8 atom stereocenters. The Labute approximate surface area is 213 Å². The summed E-state index contributed by atoms with van der Waals surface area (Å²) >= 11 is 8.17. The zero-order chi connectivity index (χ0) is 24.7. The van der Waals surface area contributed by atoms with Crippen LogP contribution >= 0.6 is 12.2 Å². The molecule has 0 aromatic rings. The number of esters is 3. The molecule has 3 aliphatic carbocycles. The van der Waals surface area contributed by atoms with Crippen molar-refractivity contribution in [3.05, 3.63) is 0 Å². The second-order valence-electron chi connectivity index (χ2n) is 9.58. The van der Waals surface area contributed by atoms with Crippen molar-refractivity contribution in [1.29, 1.82) is 0 Å². The largest absolute Gasteiger partial charge is 0.465 e. The fraction of sp³-hybridized carbons (Fsp3) is 0.840. The lowest BCUT2D eigenvalue weighted by Crippen LogP contribution is -2.27. The predicted molar refractivity (Wildman–Crippen MR) is 132 cm³/mol. The van der Waals surface area contributed by atoms with Gasteiger partial charge in [-0.2, -0.15) is 4.70 Å². The van der Waals surface area contributed by atoms with Gasteiger partial charge in [0.25, 0.3) is 0 Å². The standard InChI is InChI=1S/C14H20O4.C8H10O3.C2H6.CH2S2/c15-14(9-2-4-11-13(6-9)18-11)16-7-8-1-3-10-12(5-8)17-10;9-7-5-3-1-2-4-6(5)8(10)11-7;1-2;2-1-3/h8-13H,1-7H2;5-6H,1-4H2;1-2H3;1H,(H,2,3)/p-1. The Morgan fingerprint density at radius 1 is 0.912 bits per heavy atom. The van der Waals surface area contributed by atoms with Crippen LogP contribution in [0, 0.1) is 23.7 Å². The lowest BCUT2D eigenvalue weighted by atomic mass is 9.81. The molecule has 0 amide bonds. The molecular formula is C25H37O7S2-. The number of rotatable bonds is 3. The van der Waals surface area contributed by atoms with Crippen LogP contribution < -0.4 is 0 Å². The van der Waals surface area contributed by atoms with Crippen molar-refractivity contribution in [1.82, 2.24) is 0 Å². The van der Waals surface area contributed by atoms with Crippen LogP contribution in [0.4, 0.5) is 0 Å². The Morgan fingerprint density at radius 2 is 1.44 bits per heavy atom. The van der Waals surface area contributed by atoms with Crippen LogP contribution in [-0.4, -0.2) is 53.6 Å². The number of epoxide rings is 2. The molecule has 3 saturated carbocycles. The van der Waals surface area contributed by atoms with E-state index in [-0.39, 0.29) is 35.7 Å². The van der Waals surface area contributed by atoms with E-state index in [4.69, 9.17) is 14.2 Å². The van der Waals surface area contributed by atoms with Gasteiger partial charge in [-0.25, -0.2) is 0 Å². The molecule has 0 bridgehead atoms. The van der Waals surface area contributed by atoms with Crippen LogP contribution in [0.25, 0.3) is 0 Å². The molecule has 6 rings (SSSR count). The van der Waals surface area contributed by atoms with Gasteiger partial charge in [0.15, 0.2) is 0 Å². The first-order valence-electron chi connectivity index (χ1n) is 12.8. The molecular weight excluding hydrogens is 476 g/mol. The molecule has 3 aliphatic heterocycles. The second kappa shape index (κ2) is 13.2. The highest BCUT2D eigenvalue weighted by atomic mass is 32.1. The molecule has 34 heavy (non-hydrogen) atoms. The first-order chi connectivity index (χ1) is 16.5. The molecule has 9 heteroatoms. The SMILES string of the molecule is CC.O=C(OCC1CCC2OC2C1)C1CCC2OC2C1.O=C1OC(=O)C2CCCCC12.S=C[S-]. The molecule has 7 nitrogen and oxygen atoms in total. The Kier molecular flexibility index (Phi) is 10.7. The molecule has 192 valence electrons. The molecule has 0 aromatic heterocycles. The van der Waals surface area contributed by atoms with Crippen molar-refractivity contribution in [3.63, 3.8) is 0 Å². The highest BCUT2D eigenvalue weighted by molar-refractivity contribution is 7.97. The average molecular weight is 514 g/mol. The van der Waals surface area contributed by atoms with E-state index in [1.165, 1.54) is 4.70 Å². The summed E-state index contributed by atoms with van der Waals surface area (Å²) in [6.07, 6.45) is 11.8. The number of carbonyl (C=O) groups is 3. The quantitative estimate of drug-likeness (QED) is 0.182. The van der Waals surface area contributed by atoms with Crippen molar-refractivity contribution in [2.24, 2.45) is 23.7 Å². The lowest BCUT2D eigenvalue weighted by molar-refractivity contribution is -0.154. The summed E-state index contributed by atoms with van der Waals surface area (Å²) in [5, 5.41) is 0. The lowest BCUT2D eigenvalue weighted by Gasteiger charge is -2.21. The number of thiocarbonyl (C=S) groups is 1. The van der Waals surface area contributed by atoms with E-state index in [0.29, 0.717) is 36.9 Å². The van der Waals surface area contributed by atoms with Crippen LogP contribution in [-0.2, 0) is 46.0 Å². The van der Waals surface area contributed by atoms with Gasteiger partial charge in [0.1, 0.15) is 0 Å². The smallest absolute Gasteiger partial charge is 0.317 e. The van der Waals surface area contributed by atoms with Gasteiger partial charge in [0, 0.05) is 0 Å². The van der Waals surface area contributed by atoms with Crippen molar-refractivity contribution in [2.45, 2.75) is 102 Å². The molecule has 0 N–H and O–H groups in total. The second-order valence-corrected chi connectivity index (χ2v) is 10.3. The summed E-state index contributed by atoms with van der Waals surface area (Å²) < 4.78 is 22.1. The fourth-order valence-corrected chi connectivity index (χ4v) is 5.52. The van der Waals surface area contributed by atoms with E-state index >= 15 is 0 Å². The number of cyclic esters (lactones) is 2. The van der Waals surface area contributed by atoms with E-state index in [9.17, 15) is 14.4 Å². The third kappa shape index (κ3) is 7.42. The van der Waals surface area contributed by atoms with Gasteiger partial charge >= 0.3 is 17.9 Å². The molecule has 0 radical (unpaired) electrons. The summed E-state index contributed by atoms with van der Waals surface area (Å²) in [7, 11) is 0. The van der Waals surface area contributed by atoms with Crippen LogP contribution in [0.3, 0.4) is 0 Å². The maximum atomic E-state index is 12.0. The zero-order valence-corrected chi connectivity index (χ0v) is 21.8. The average Bonchev–Trinajstić information content (AvgIpc) is 3.77. The van der Waals surface area contributed by atoms with Gasteiger partial charge in [-0.05, 0) is 57.3 Å². The molecule has 0 aromatic carbocycles. The van der Waals surface area contributed by atoms with Crippen molar-refractivity contribution < 1.29 is 33.3 Å². The molecule has 3 heterocycles. The monoisotopic (exact) mass is 513 g/mol. The predicted octanol–water partition coefficient (Wildman–Crippen LogP) is 4.06. The van der Waals surface area contributed by atoms with E-state index in [0.717, 1.165) is 64.2 Å². The number of ether oxygens (including phenoxy) is 4. The Balaban J connectivity index is 0.000000174. The molecule has 3 saturated heterocycles. The van der Waals surface area contributed by atoms with Gasteiger partial charge in [-0.1, -0.05) is 26.7 Å². The first kappa shape index (κ1) is 27.4. The maximum Gasteiger partial charge on any atom is 0.317 e. The van der Waals surface area contributed by atoms with Gasteiger partial charge < -0.3 is 43.8 Å². The molecule has 0 spiro atoms. The number of carbonyl (C=O) groups excluding carboxylic acids is 3. The van der Waals surface area contributed by atoms with E-state index in [2.05, 4.69) is 29.6 Å². The summed E-state index contributed by atoms with van der Waals surface area (Å²) in [6.45, 7) is 4.59. The van der Waals surface area contributed by atoms with Crippen LogP contribution in [0.1, 0.15) is 78.1 Å². The minimum absolute atomic E-state index is 0.00258. The van der Waals surface area contributed by atoms with Crippen molar-refractivity contribution in [2.75, 3.05) is 6.61 Å². The molecule has 8 unspecified atom stereocenters. The molecule has 6 aliphatic rings. The summed E-state index contributed by atoms with van der Waals surface area (Å²) in [5.74, 6) is -0.178. The van der Waals surface area contributed by atoms with Gasteiger partial charge in [-0.3, -0.25) is 14.4 Å². The Morgan fingerprint density at radius 3 is 1.97 bits per heavy atom.